The van der Waals surface area contributed by atoms with E-state index in [4.69, 9.17) is 21.7 Å². The lowest BCUT2D eigenvalue weighted by atomic mass is 10.1. The zero-order chi connectivity index (χ0) is 32.0. The van der Waals surface area contributed by atoms with E-state index in [1.165, 1.54) is 24.5 Å². The van der Waals surface area contributed by atoms with Crippen molar-refractivity contribution < 1.29 is 17.9 Å². The van der Waals surface area contributed by atoms with Crippen LogP contribution < -0.4 is 20.1 Å². The molecule has 3 aromatic carbocycles. The van der Waals surface area contributed by atoms with Gasteiger partial charge in [0, 0.05) is 53.1 Å². The first-order valence-corrected chi connectivity index (χ1v) is 15.5. The first kappa shape index (κ1) is 31.1. The topological polar surface area (TPSA) is 159 Å². The normalized spacial score (nSPS) is 11.6. The number of hydrogen-bond acceptors (Lipinski definition) is 9. The van der Waals surface area contributed by atoms with Gasteiger partial charge < -0.3 is 20.8 Å². The second-order valence-corrected chi connectivity index (χ2v) is 11.7. The van der Waals surface area contributed by atoms with Crippen LogP contribution in [-0.4, -0.2) is 49.1 Å². The molecular formula is C32H28ClN7O4S. The van der Waals surface area contributed by atoms with Crippen LogP contribution in [0.15, 0.2) is 96.4 Å². The fourth-order valence-electron chi connectivity index (χ4n) is 4.41. The molecular weight excluding hydrogens is 614 g/mol. The zero-order valence-electron chi connectivity index (χ0n) is 24.2. The number of sulfonamides is 1. The van der Waals surface area contributed by atoms with E-state index >= 15 is 0 Å². The standard InChI is InChI=1S/C32H28ClN7O4S/c1-3-44-30-11-9-25(38-32(41)20-4-7-24(33)8-5-20)14-31(30)45(42,43)40-26-12-22(17-36-18-26)21-6-10-27-28(13-21)39-29(19-37-27)23(15-34)16-35-2/h4-19,34-35,40H,3H2,1-2H3,(H,38,41)/b23-16+,34-15?. The number of allylic oxidation sites excluding steroid dienone is 1. The molecule has 0 aliphatic carbocycles. The van der Waals surface area contributed by atoms with Gasteiger partial charge in [0.1, 0.15) is 10.6 Å². The minimum atomic E-state index is -4.19. The van der Waals surface area contributed by atoms with Crippen LogP contribution in [0.25, 0.3) is 27.7 Å². The smallest absolute Gasteiger partial charge is 0.265 e. The maximum absolute atomic E-state index is 13.7. The second-order valence-electron chi connectivity index (χ2n) is 9.61. The summed E-state index contributed by atoms with van der Waals surface area (Å²) in [6.45, 7) is 1.97. The molecule has 0 atom stereocenters. The molecule has 11 nitrogen and oxygen atoms in total. The third kappa shape index (κ3) is 7.25. The molecule has 5 rings (SSSR count). The van der Waals surface area contributed by atoms with Crippen molar-refractivity contribution in [1.29, 1.82) is 5.41 Å². The molecule has 1 amide bonds. The summed E-state index contributed by atoms with van der Waals surface area (Å²) in [5.41, 5.74) is 4.56. The number of benzene rings is 3. The Labute approximate surface area is 264 Å². The number of carbonyl (C=O) groups excluding carboxylic acids is 1. The fraction of sp³-hybridized carbons (Fsp3) is 0.0938. The Morgan fingerprint density at radius 2 is 1.76 bits per heavy atom. The summed E-state index contributed by atoms with van der Waals surface area (Å²) >= 11 is 5.92. The molecule has 13 heteroatoms. The molecule has 228 valence electrons. The lowest BCUT2D eigenvalue weighted by molar-refractivity contribution is 0.102. The third-order valence-corrected chi connectivity index (χ3v) is 8.17. The Hall–Kier alpha value is -5.33. The van der Waals surface area contributed by atoms with Crippen LogP contribution in [0.2, 0.25) is 5.02 Å². The van der Waals surface area contributed by atoms with E-state index in [2.05, 4.69) is 30.3 Å². The number of fused-ring (bicyclic) bond motifs is 1. The highest BCUT2D eigenvalue weighted by molar-refractivity contribution is 7.92. The molecule has 0 unspecified atom stereocenters. The highest BCUT2D eigenvalue weighted by Gasteiger charge is 2.22. The van der Waals surface area contributed by atoms with Crippen LogP contribution in [0.3, 0.4) is 0 Å². The molecule has 2 heterocycles. The Balaban J connectivity index is 1.43. The summed E-state index contributed by atoms with van der Waals surface area (Å²) in [5.74, 6) is -0.303. The van der Waals surface area contributed by atoms with Crippen molar-refractivity contribution in [3.8, 4) is 16.9 Å². The molecule has 0 aliphatic heterocycles. The molecule has 0 radical (unpaired) electrons. The number of ether oxygens (including phenoxy) is 1. The SMILES string of the molecule is CCOc1ccc(NC(=O)c2ccc(Cl)cc2)cc1S(=O)(=O)Nc1cncc(-c2ccc3ncc(/C(C=N)=C/NC)nc3c2)c1. The Kier molecular flexibility index (Phi) is 9.36. The maximum atomic E-state index is 13.7. The van der Waals surface area contributed by atoms with Gasteiger partial charge in [-0.2, -0.15) is 0 Å². The first-order valence-electron chi connectivity index (χ1n) is 13.7. The Morgan fingerprint density at radius 1 is 0.956 bits per heavy atom. The van der Waals surface area contributed by atoms with Crippen LogP contribution >= 0.6 is 11.6 Å². The van der Waals surface area contributed by atoms with Crippen LogP contribution in [0.5, 0.6) is 5.75 Å². The summed E-state index contributed by atoms with van der Waals surface area (Å²) in [7, 11) is -2.46. The fourth-order valence-corrected chi connectivity index (χ4v) is 5.75. The molecule has 4 N–H and O–H groups in total. The van der Waals surface area contributed by atoms with Gasteiger partial charge >= 0.3 is 0 Å². The second kappa shape index (κ2) is 13.5. The van der Waals surface area contributed by atoms with Crippen molar-refractivity contribution in [3.05, 3.63) is 108 Å². The number of carbonyl (C=O) groups is 1. The van der Waals surface area contributed by atoms with Gasteiger partial charge in [0.05, 0.1) is 41.4 Å². The van der Waals surface area contributed by atoms with E-state index in [1.54, 1.807) is 69.0 Å². The molecule has 0 saturated heterocycles. The van der Waals surface area contributed by atoms with Crippen LogP contribution in [0.1, 0.15) is 23.0 Å². The van der Waals surface area contributed by atoms with E-state index < -0.39 is 15.9 Å². The quantitative estimate of drug-likeness (QED) is 0.128. The van der Waals surface area contributed by atoms with Crippen LogP contribution in [-0.2, 0) is 10.0 Å². The van der Waals surface area contributed by atoms with Gasteiger partial charge in [-0.25, -0.2) is 13.4 Å². The van der Waals surface area contributed by atoms with E-state index in [0.717, 1.165) is 5.56 Å². The molecule has 0 saturated carbocycles. The maximum Gasteiger partial charge on any atom is 0.265 e. The van der Waals surface area contributed by atoms with Gasteiger partial charge in [-0.15, -0.1) is 0 Å². The molecule has 0 aliphatic rings. The van der Waals surface area contributed by atoms with Crippen molar-refractivity contribution in [1.82, 2.24) is 20.3 Å². The highest BCUT2D eigenvalue weighted by Crippen LogP contribution is 2.31. The number of pyridine rings is 1. The molecule has 2 aromatic heterocycles. The van der Waals surface area contributed by atoms with Crippen molar-refractivity contribution in [2.24, 2.45) is 0 Å². The number of nitrogens with one attached hydrogen (secondary N) is 4. The van der Waals surface area contributed by atoms with Gasteiger partial charge in [-0.3, -0.25) is 19.5 Å². The number of halogens is 1. The third-order valence-electron chi connectivity index (χ3n) is 6.51. The average molecular weight is 642 g/mol. The van der Waals surface area contributed by atoms with Crippen molar-refractivity contribution in [2.45, 2.75) is 11.8 Å². The summed E-state index contributed by atoms with van der Waals surface area (Å²) in [6.07, 6.45) is 7.45. The number of hydrogen-bond donors (Lipinski definition) is 4. The van der Waals surface area contributed by atoms with Gasteiger partial charge in [0.25, 0.3) is 15.9 Å². The minimum absolute atomic E-state index is 0.124. The first-order chi connectivity index (χ1) is 21.7. The number of amides is 1. The average Bonchev–Trinajstić information content (AvgIpc) is 3.04. The molecule has 5 aromatic rings. The van der Waals surface area contributed by atoms with Crippen LogP contribution in [0.4, 0.5) is 11.4 Å². The zero-order valence-corrected chi connectivity index (χ0v) is 25.8. The number of aromatic nitrogens is 3. The highest BCUT2D eigenvalue weighted by atomic mass is 35.5. The molecule has 0 spiro atoms. The summed E-state index contributed by atoms with van der Waals surface area (Å²) < 4.78 is 35.5. The lowest BCUT2D eigenvalue weighted by Gasteiger charge is -2.15. The summed E-state index contributed by atoms with van der Waals surface area (Å²) in [6, 6.07) is 17.8. The van der Waals surface area contributed by atoms with Gasteiger partial charge in [0.15, 0.2) is 0 Å². The van der Waals surface area contributed by atoms with E-state index in [-0.39, 0.29) is 28.6 Å². The predicted octanol–water partition coefficient (Wildman–Crippen LogP) is 6.01. The van der Waals surface area contributed by atoms with E-state index in [0.29, 0.717) is 38.4 Å². The minimum Gasteiger partial charge on any atom is -0.492 e. The van der Waals surface area contributed by atoms with Gasteiger partial charge in [-0.1, -0.05) is 17.7 Å². The molecule has 45 heavy (non-hydrogen) atoms. The van der Waals surface area contributed by atoms with Crippen molar-refractivity contribution in [3.63, 3.8) is 0 Å². The molecule has 0 bridgehead atoms. The lowest BCUT2D eigenvalue weighted by Crippen LogP contribution is -2.16. The number of rotatable bonds is 11. The van der Waals surface area contributed by atoms with Crippen molar-refractivity contribution in [2.75, 3.05) is 23.7 Å². The Morgan fingerprint density at radius 3 is 2.49 bits per heavy atom. The number of anilines is 2. The predicted molar refractivity (Wildman–Crippen MR) is 176 cm³/mol. The van der Waals surface area contributed by atoms with Gasteiger partial charge in [0.2, 0.25) is 0 Å². The van der Waals surface area contributed by atoms with E-state index in [1.807, 2.05) is 18.2 Å². The largest absolute Gasteiger partial charge is 0.492 e. The summed E-state index contributed by atoms with van der Waals surface area (Å²) in [4.78, 5) is 25.9. The van der Waals surface area contributed by atoms with Crippen LogP contribution in [0, 0.1) is 5.41 Å². The summed E-state index contributed by atoms with van der Waals surface area (Å²) in [5, 5.41) is 13.8. The number of nitrogens with zero attached hydrogens (tertiary/aromatic N) is 3. The van der Waals surface area contributed by atoms with Crippen molar-refractivity contribution >= 4 is 61.7 Å². The monoisotopic (exact) mass is 641 g/mol. The van der Waals surface area contributed by atoms with Gasteiger partial charge in [-0.05, 0) is 73.2 Å². The van der Waals surface area contributed by atoms with E-state index in [9.17, 15) is 13.2 Å². The Bertz CT molecular complexity index is 2030. The molecule has 0 fully saturated rings.